The van der Waals surface area contributed by atoms with Crippen LogP contribution in [0.1, 0.15) is 18.9 Å². The van der Waals surface area contributed by atoms with Gasteiger partial charge >= 0.3 is 0 Å². The van der Waals surface area contributed by atoms with E-state index in [2.05, 4.69) is 53.0 Å². The van der Waals surface area contributed by atoms with Crippen molar-refractivity contribution in [1.82, 2.24) is 10.2 Å². The molecule has 102 valence electrons. The number of anilines is 1. The van der Waals surface area contributed by atoms with E-state index in [1.54, 1.807) is 34.9 Å². The molecule has 0 fully saturated rings. The highest BCUT2D eigenvalue weighted by Gasteiger charge is 2.04. The molecule has 0 radical (unpaired) electrons. The van der Waals surface area contributed by atoms with Gasteiger partial charge in [-0.05, 0) is 30.4 Å². The lowest BCUT2D eigenvalue weighted by atomic mass is 10.2. The van der Waals surface area contributed by atoms with E-state index in [1.807, 2.05) is 0 Å². The summed E-state index contributed by atoms with van der Waals surface area (Å²) in [6, 6.07) is 8.68. The SMILES string of the molecule is CCCNc1nnc(SCc2ccc(SC)cc2)s1. The van der Waals surface area contributed by atoms with Crippen LogP contribution in [0.3, 0.4) is 0 Å². The lowest BCUT2D eigenvalue weighted by Gasteiger charge is -2.00. The highest BCUT2D eigenvalue weighted by atomic mass is 32.2. The normalized spacial score (nSPS) is 10.6. The van der Waals surface area contributed by atoms with Gasteiger partial charge in [-0.1, -0.05) is 42.2 Å². The predicted octanol–water partition coefficient (Wildman–Crippen LogP) is 4.37. The zero-order valence-corrected chi connectivity index (χ0v) is 13.5. The number of rotatable bonds is 7. The Morgan fingerprint density at radius 1 is 1.21 bits per heavy atom. The molecule has 1 aromatic heterocycles. The van der Waals surface area contributed by atoms with Crippen LogP contribution in [0.25, 0.3) is 0 Å². The van der Waals surface area contributed by atoms with Crippen LogP contribution in [-0.2, 0) is 5.75 Å². The van der Waals surface area contributed by atoms with Gasteiger partial charge in [0, 0.05) is 17.2 Å². The second-order valence-electron chi connectivity index (χ2n) is 3.94. The van der Waals surface area contributed by atoms with E-state index in [9.17, 15) is 0 Å². The third kappa shape index (κ3) is 4.71. The molecule has 2 aromatic rings. The van der Waals surface area contributed by atoms with Crippen molar-refractivity contribution in [2.24, 2.45) is 0 Å². The first-order valence-electron chi connectivity index (χ1n) is 6.15. The van der Waals surface area contributed by atoms with Gasteiger partial charge in [0.05, 0.1) is 0 Å². The van der Waals surface area contributed by atoms with Crippen LogP contribution in [0.4, 0.5) is 5.13 Å². The Balaban J connectivity index is 1.85. The van der Waals surface area contributed by atoms with Gasteiger partial charge in [0.1, 0.15) is 0 Å². The molecule has 0 bridgehead atoms. The van der Waals surface area contributed by atoms with Crippen molar-refractivity contribution in [2.45, 2.75) is 28.3 Å². The van der Waals surface area contributed by atoms with Crippen molar-refractivity contribution in [1.29, 1.82) is 0 Å². The minimum absolute atomic E-state index is 0.919. The first-order valence-corrected chi connectivity index (χ1v) is 9.17. The summed E-state index contributed by atoms with van der Waals surface area (Å²) in [4.78, 5) is 1.30. The monoisotopic (exact) mass is 311 g/mol. The molecule has 19 heavy (non-hydrogen) atoms. The molecular weight excluding hydrogens is 294 g/mol. The quantitative estimate of drug-likeness (QED) is 0.768. The molecular formula is C13H17N3S3. The van der Waals surface area contributed by atoms with Gasteiger partial charge in [-0.3, -0.25) is 0 Å². The molecule has 6 heteroatoms. The van der Waals surface area contributed by atoms with Crippen LogP contribution in [0.15, 0.2) is 33.5 Å². The molecule has 1 N–H and O–H groups in total. The molecule has 0 saturated carbocycles. The molecule has 0 saturated heterocycles. The standard InChI is InChI=1S/C13H17N3S3/c1-3-8-14-12-15-16-13(19-12)18-9-10-4-6-11(17-2)7-5-10/h4-7H,3,8-9H2,1-2H3,(H,14,15). The molecule has 0 unspecified atom stereocenters. The highest BCUT2D eigenvalue weighted by molar-refractivity contribution is 8.00. The lowest BCUT2D eigenvalue weighted by molar-refractivity contribution is 0.951. The van der Waals surface area contributed by atoms with Gasteiger partial charge in [-0.25, -0.2) is 0 Å². The summed E-state index contributed by atoms with van der Waals surface area (Å²) in [5.41, 5.74) is 1.32. The van der Waals surface area contributed by atoms with Crippen LogP contribution >= 0.6 is 34.9 Å². The van der Waals surface area contributed by atoms with Crippen molar-refractivity contribution >= 4 is 40.0 Å². The first kappa shape index (κ1) is 14.7. The summed E-state index contributed by atoms with van der Waals surface area (Å²) < 4.78 is 1.02. The molecule has 0 aliphatic carbocycles. The van der Waals surface area contributed by atoms with Crippen LogP contribution < -0.4 is 5.32 Å². The molecule has 3 nitrogen and oxygen atoms in total. The Bertz CT molecular complexity index is 496. The average molecular weight is 312 g/mol. The Kier molecular flexibility index (Phi) is 6.00. The number of aromatic nitrogens is 2. The summed E-state index contributed by atoms with van der Waals surface area (Å²) >= 11 is 5.13. The summed E-state index contributed by atoms with van der Waals surface area (Å²) in [6.07, 6.45) is 3.19. The molecule has 0 atom stereocenters. The van der Waals surface area contributed by atoms with Gasteiger partial charge in [0.25, 0.3) is 0 Å². The summed E-state index contributed by atoms with van der Waals surface area (Å²) in [5.74, 6) is 0.942. The van der Waals surface area contributed by atoms with Crippen molar-refractivity contribution < 1.29 is 0 Å². The van der Waals surface area contributed by atoms with E-state index >= 15 is 0 Å². The molecule has 2 rings (SSSR count). The molecule has 0 amide bonds. The van der Waals surface area contributed by atoms with Gasteiger partial charge in [0.2, 0.25) is 5.13 Å². The van der Waals surface area contributed by atoms with Gasteiger partial charge in [0.15, 0.2) is 4.34 Å². The fourth-order valence-electron chi connectivity index (χ4n) is 1.44. The zero-order valence-electron chi connectivity index (χ0n) is 11.0. The second-order valence-corrected chi connectivity index (χ2v) is 7.02. The number of thioether (sulfide) groups is 2. The minimum atomic E-state index is 0.919. The van der Waals surface area contributed by atoms with Crippen molar-refractivity contribution in [3.63, 3.8) is 0 Å². The summed E-state index contributed by atoms with van der Waals surface area (Å²) in [6.45, 7) is 3.09. The maximum absolute atomic E-state index is 4.18. The first-order chi connectivity index (χ1) is 9.31. The smallest absolute Gasteiger partial charge is 0.206 e. The molecule has 0 spiro atoms. The van der Waals surface area contributed by atoms with Crippen molar-refractivity contribution in [3.05, 3.63) is 29.8 Å². The maximum Gasteiger partial charge on any atom is 0.206 e. The van der Waals surface area contributed by atoms with E-state index in [1.165, 1.54) is 10.5 Å². The number of hydrogen-bond donors (Lipinski definition) is 1. The molecule has 1 heterocycles. The zero-order chi connectivity index (χ0) is 13.5. The van der Waals surface area contributed by atoms with E-state index in [4.69, 9.17) is 0 Å². The van der Waals surface area contributed by atoms with Gasteiger partial charge < -0.3 is 5.32 Å². The van der Waals surface area contributed by atoms with Crippen LogP contribution in [0, 0.1) is 0 Å². The van der Waals surface area contributed by atoms with Crippen molar-refractivity contribution in [2.75, 3.05) is 18.1 Å². The van der Waals surface area contributed by atoms with Crippen LogP contribution in [-0.4, -0.2) is 23.0 Å². The summed E-state index contributed by atoms with van der Waals surface area (Å²) in [7, 11) is 0. The second kappa shape index (κ2) is 7.77. The van der Waals surface area contributed by atoms with Crippen LogP contribution in [0.2, 0.25) is 0 Å². The van der Waals surface area contributed by atoms with E-state index in [0.29, 0.717) is 0 Å². The third-order valence-electron chi connectivity index (χ3n) is 2.45. The number of nitrogens with zero attached hydrogens (tertiary/aromatic N) is 2. The van der Waals surface area contributed by atoms with Gasteiger partial charge in [-0.2, -0.15) is 0 Å². The van der Waals surface area contributed by atoms with Gasteiger partial charge in [-0.15, -0.1) is 22.0 Å². The molecule has 0 aliphatic rings. The Labute approximate surface area is 126 Å². The Morgan fingerprint density at radius 3 is 2.68 bits per heavy atom. The average Bonchev–Trinajstić information content (AvgIpc) is 2.91. The Hall–Kier alpha value is -0.720. The highest BCUT2D eigenvalue weighted by Crippen LogP contribution is 2.28. The van der Waals surface area contributed by atoms with E-state index < -0.39 is 0 Å². The lowest BCUT2D eigenvalue weighted by Crippen LogP contribution is -1.98. The number of nitrogens with one attached hydrogen (secondary N) is 1. The minimum Gasteiger partial charge on any atom is -0.360 e. The largest absolute Gasteiger partial charge is 0.360 e. The van der Waals surface area contributed by atoms with E-state index in [-0.39, 0.29) is 0 Å². The topological polar surface area (TPSA) is 37.8 Å². The third-order valence-corrected chi connectivity index (χ3v) is 5.28. The fourth-order valence-corrected chi connectivity index (χ4v) is 3.58. The number of benzene rings is 1. The van der Waals surface area contributed by atoms with Crippen LogP contribution in [0.5, 0.6) is 0 Å². The maximum atomic E-state index is 4.18. The predicted molar refractivity (Wildman–Crippen MR) is 86.5 cm³/mol. The van der Waals surface area contributed by atoms with Crippen molar-refractivity contribution in [3.8, 4) is 0 Å². The van der Waals surface area contributed by atoms with E-state index in [0.717, 1.165) is 28.2 Å². The Morgan fingerprint density at radius 2 is 2.00 bits per heavy atom. The summed E-state index contributed by atoms with van der Waals surface area (Å²) in [5, 5.41) is 12.5. The molecule has 0 aliphatic heterocycles. The fraction of sp³-hybridized carbons (Fsp3) is 0.385. The molecule has 1 aromatic carbocycles. The number of hydrogen-bond acceptors (Lipinski definition) is 6.